The Labute approximate surface area is 228 Å². The number of Topliss-reactive ketones (excluding diaryl/α,β-unsaturated/α-hetero) is 1. The second kappa shape index (κ2) is 11.8. The van der Waals surface area contributed by atoms with E-state index >= 15 is 0 Å². The molecule has 0 saturated heterocycles. The third-order valence-corrected chi connectivity index (χ3v) is 9.55. The average molecular weight is 573 g/mol. The van der Waals surface area contributed by atoms with Gasteiger partial charge in [0.25, 0.3) is 0 Å². The van der Waals surface area contributed by atoms with Crippen LogP contribution >= 0.6 is 7.82 Å². The molecule has 39 heavy (non-hydrogen) atoms. The standard InChI is InChI=1S/C27H38O7.H3O4P/c1-15(28)32-14-24(31)22-9-8-21-20-7-6-18-12-19(33-16(2)29)10-11-26(18,4)23(20)13-25(27(21,22)5)34-17(3)30;1-5(2,3)4/h8,18-20,22-23,25H,6-7,9-14H2,1-5H3;(H3,1,2,3,4)/t18-,19+,20?,22-,23?,25-,26+,27+;/m1./s1. The first-order chi connectivity index (χ1) is 18.0. The molecule has 0 aromatic rings. The van der Waals surface area contributed by atoms with Gasteiger partial charge in [0.05, 0.1) is 0 Å². The monoisotopic (exact) mass is 572 g/mol. The van der Waals surface area contributed by atoms with E-state index in [0.717, 1.165) is 38.5 Å². The number of ketones is 1. The average Bonchev–Trinajstić information content (AvgIpc) is 3.15. The van der Waals surface area contributed by atoms with Crippen LogP contribution in [0, 0.1) is 34.5 Å². The summed E-state index contributed by atoms with van der Waals surface area (Å²) in [6.45, 7) is 8.40. The summed E-state index contributed by atoms with van der Waals surface area (Å²) in [5.74, 6) is -0.355. The Bertz CT molecular complexity index is 1060. The molecule has 3 saturated carbocycles. The van der Waals surface area contributed by atoms with Crippen LogP contribution in [0.15, 0.2) is 11.6 Å². The molecule has 8 atom stereocenters. The van der Waals surface area contributed by atoms with Gasteiger partial charge in [0.1, 0.15) is 18.8 Å². The second-order valence-corrected chi connectivity index (χ2v) is 12.8. The van der Waals surface area contributed by atoms with E-state index in [1.807, 2.05) is 0 Å². The van der Waals surface area contributed by atoms with E-state index in [4.69, 9.17) is 33.5 Å². The van der Waals surface area contributed by atoms with Crippen molar-refractivity contribution in [2.24, 2.45) is 34.5 Å². The Hall–Kier alpha value is -2.07. The van der Waals surface area contributed by atoms with Gasteiger partial charge in [0.2, 0.25) is 0 Å². The molecule has 4 aliphatic rings. The minimum Gasteiger partial charge on any atom is -0.463 e. The van der Waals surface area contributed by atoms with Crippen LogP contribution < -0.4 is 0 Å². The number of phosphoric acid groups is 1. The Morgan fingerprint density at radius 1 is 0.949 bits per heavy atom. The summed E-state index contributed by atoms with van der Waals surface area (Å²) >= 11 is 0. The lowest BCUT2D eigenvalue weighted by molar-refractivity contribution is -0.172. The predicted molar refractivity (Wildman–Crippen MR) is 138 cm³/mol. The molecule has 11 nitrogen and oxygen atoms in total. The van der Waals surface area contributed by atoms with Crippen LogP contribution in [0.4, 0.5) is 0 Å². The van der Waals surface area contributed by atoms with Crippen molar-refractivity contribution in [2.75, 3.05) is 6.61 Å². The Morgan fingerprint density at radius 2 is 1.56 bits per heavy atom. The summed E-state index contributed by atoms with van der Waals surface area (Å²) in [6.07, 6.45) is 7.91. The van der Waals surface area contributed by atoms with E-state index in [0.29, 0.717) is 24.2 Å². The molecule has 0 spiro atoms. The molecule has 0 aliphatic heterocycles. The lowest BCUT2D eigenvalue weighted by Gasteiger charge is -2.61. The lowest BCUT2D eigenvalue weighted by Crippen LogP contribution is -2.57. The molecule has 0 aromatic heterocycles. The molecule has 220 valence electrons. The van der Waals surface area contributed by atoms with Crippen LogP contribution in [-0.2, 0) is 38.0 Å². The number of ether oxygens (including phenoxy) is 3. The quantitative estimate of drug-likeness (QED) is 0.191. The molecule has 4 rings (SSSR count). The van der Waals surface area contributed by atoms with Gasteiger partial charge < -0.3 is 28.9 Å². The van der Waals surface area contributed by atoms with Gasteiger partial charge >= 0.3 is 25.7 Å². The molecule has 3 fully saturated rings. The fraction of sp³-hybridized carbons (Fsp3) is 0.778. The molecule has 0 heterocycles. The number of carbonyl (C=O) groups is 4. The number of fused-ring (bicyclic) bond motifs is 5. The highest BCUT2D eigenvalue weighted by Gasteiger charge is 2.63. The maximum Gasteiger partial charge on any atom is 0.466 e. The fourth-order valence-electron chi connectivity index (χ4n) is 7.96. The van der Waals surface area contributed by atoms with E-state index in [-0.39, 0.29) is 41.8 Å². The number of allylic oxidation sites excluding steroid dienone is 1. The second-order valence-electron chi connectivity index (χ2n) is 11.8. The Morgan fingerprint density at radius 3 is 2.13 bits per heavy atom. The highest BCUT2D eigenvalue weighted by Crippen LogP contribution is 2.66. The number of carbonyl (C=O) groups excluding carboxylic acids is 4. The summed E-state index contributed by atoms with van der Waals surface area (Å²) in [5, 5.41) is 0. The summed E-state index contributed by atoms with van der Waals surface area (Å²) in [7, 11) is -4.64. The molecule has 0 bridgehead atoms. The van der Waals surface area contributed by atoms with Gasteiger partial charge in [-0.05, 0) is 68.1 Å². The van der Waals surface area contributed by atoms with Crippen molar-refractivity contribution in [1.29, 1.82) is 0 Å². The van der Waals surface area contributed by atoms with Crippen LogP contribution in [0.5, 0.6) is 0 Å². The minimum absolute atomic E-state index is 0.0146. The van der Waals surface area contributed by atoms with E-state index < -0.39 is 25.3 Å². The zero-order valence-electron chi connectivity index (χ0n) is 23.3. The van der Waals surface area contributed by atoms with Crippen LogP contribution in [0.2, 0.25) is 0 Å². The number of rotatable bonds is 5. The van der Waals surface area contributed by atoms with E-state index in [1.165, 1.54) is 26.3 Å². The van der Waals surface area contributed by atoms with Gasteiger partial charge in [-0.15, -0.1) is 0 Å². The third kappa shape index (κ3) is 6.99. The topological polar surface area (TPSA) is 174 Å². The first-order valence-electron chi connectivity index (χ1n) is 13.5. The number of hydrogen-bond acceptors (Lipinski definition) is 8. The van der Waals surface area contributed by atoms with Crippen LogP contribution in [0.3, 0.4) is 0 Å². The maximum absolute atomic E-state index is 13.1. The summed E-state index contributed by atoms with van der Waals surface area (Å²) < 4.78 is 25.4. The maximum atomic E-state index is 13.1. The molecular weight excluding hydrogens is 531 g/mol. The van der Waals surface area contributed by atoms with Crippen molar-refractivity contribution < 1.29 is 52.6 Å². The summed E-state index contributed by atoms with van der Waals surface area (Å²) in [5.41, 5.74) is 0.736. The van der Waals surface area contributed by atoms with Gasteiger partial charge in [-0.1, -0.05) is 25.5 Å². The fourth-order valence-corrected chi connectivity index (χ4v) is 7.96. The third-order valence-electron chi connectivity index (χ3n) is 9.55. The number of esters is 3. The summed E-state index contributed by atoms with van der Waals surface area (Å²) in [6, 6.07) is 0. The Balaban J connectivity index is 0.000000771. The molecule has 0 aromatic carbocycles. The molecule has 3 N–H and O–H groups in total. The van der Waals surface area contributed by atoms with E-state index in [2.05, 4.69) is 19.9 Å². The minimum atomic E-state index is -4.64. The molecule has 0 amide bonds. The molecule has 12 heteroatoms. The van der Waals surface area contributed by atoms with Crippen LogP contribution in [-0.4, -0.2) is 57.2 Å². The van der Waals surface area contributed by atoms with E-state index in [1.54, 1.807) is 0 Å². The van der Waals surface area contributed by atoms with Gasteiger partial charge in [0.15, 0.2) is 5.78 Å². The van der Waals surface area contributed by atoms with Gasteiger partial charge in [-0.25, -0.2) is 4.57 Å². The molecule has 0 radical (unpaired) electrons. The number of hydrogen-bond donors (Lipinski definition) is 3. The zero-order valence-corrected chi connectivity index (χ0v) is 24.1. The largest absolute Gasteiger partial charge is 0.466 e. The molecule has 4 aliphatic carbocycles. The van der Waals surface area contributed by atoms with Crippen molar-refractivity contribution in [3.8, 4) is 0 Å². The lowest BCUT2D eigenvalue weighted by atomic mass is 9.45. The van der Waals surface area contributed by atoms with Gasteiger partial charge in [0, 0.05) is 32.1 Å². The van der Waals surface area contributed by atoms with Crippen molar-refractivity contribution in [2.45, 2.75) is 91.8 Å². The van der Waals surface area contributed by atoms with Crippen molar-refractivity contribution in [3.05, 3.63) is 11.6 Å². The van der Waals surface area contributed by atoms with Crippen LogP contribution in [0.25, 0.3) is 0 Å². The van der Waals surface area contributed by atoms with Gasteiger partial charge in [-0.2, -0.15) is 0 Å². The van der Waals surface area contributed by atoms with Crippen molar-refractivity contribution in [3.63, 3.8) is 0 Å². The Kier molecular flexibility index (Phi) is 9.52. The normalized spacial score (nSPS) is 37.0. The zero-order chi connectivity index (χ0) is 29.3. The van der Waals surface area contributed by atoms with E-state index in [9.17, 15) is 19.2 Å². The SMILES string of the molecule is CC(=O)OCC(=O)[C@H]1CC=C2C3CC[C@@H]4C[C@@H](OC(C)=O)CC[C@]4(C)C3C[C@@H](OC(C)=O)[C@@]21C.O=P(O)(O)O. The molecular formula is C27H41O11P. The van der Waals surface area contributed by atoms with Crippen molar-refractivity contribution >= 4 is 31.5 Å². The smallest absolute Gasteiger partial charge is 0.463 e. The predicted octanol–water partition coefficient (Wildman–Crippen LogP) is 3.24. The first-order valence-corrected chi connectivity index (χ1v) is 15.0. The highest BCUT2D eigenvalue weighted by atomic mass is 31.2. The first kappa shape index (κ1) is 31.5. The summed E-state index contributed by atoms with van der Waals surface area (Å²) in [4.78, 5) is 69.7. The highest BCUT2D eigenvalue weighted by molar-refractivity contribution is 7.45. The van der Waals surface area contributed by atoms with Crippen molar-refractivity contribution in [1.82, 2.24) is 0 Å². The molecule has 2 unspecified atom stereocenters. The van der Waals surface area contributed by atoms with Gasteiger partial charge in [-0.3, -0.25) is 19.2 Å². The van der Waals surface area contributed by atoms with Crippen LogP contribution in [0.1, 0.15) is 79.6 Å².